The van der Waals surface area contributed by atoms with Crippen molar-refractivity contribution in [1.82, 2.24) is 0 Å². The van der Waals surface area contributed by atoms with E-state index >= 15 is 0 Å². The van der Waals surface area contributed by atoms with Crippen LogP contribution in [0.1, 0.15) is 40.0 Å². The number of carboxylic acids is 1. The average molecular weight is 186 g/mol. The topological polar surface area (TPSA) is 57.5 Å². The molecule has 13 heavy (non-hydrogen) atoms. The highest BCUT2D eigenvalue weighted by atomic mass is 16.4. The maximum atomic E-state index is 10.9. The summed E-state index contributed by atoms with van der Waals surface area (Å²) >= 11 is 0. The van der Waals surface area contributed by atoms with Crippen LogP contribution >= 0.6 is 0 Å². The van der Waals surface area contributed by atoms with E-state index in [-0.39, 0.29) is 0 Å². The van der Waals surface area contributed by atoms with Gasteiger partial charge in [0, 0.05) is 5.41 Å². The molecular weight excluding hydrogens is 168 g/mol. The number of aliphatic hydroxyl groups is 1. The van der Waals surface area contributed by atoms with Gasteiger partial charge in [-0.05, 0) is 26.2 Å². The highest BCUT2D eigenvalue weighted by Crippen LogP contribution is 2.47. The minimum absolute atomic E-state index is 0.420. The van der Waals surface area contributed by atoms with E-state index in [0.29, 0.717) is 12.8 Å². The molecule has 1 rings (SSSR count). The number of rotatable bonds is 1. The Bertz CT molecular complexity index is 218. The van der Waals surface area contributed by atoms with E-state index in [2.05, 4.69) is 0 Å². The maximum absolute atomic E-state index is 10.9. The third kappa shape index (κ3) is 1.57. The first-order chi connectivity index (χ1) is 5.79. The van der Waals surface area contributed by atoms with E-state index in [1.807, 2.05) is 13.8 Å². The number of carboxylic acid groups (broad SMARTS) is 1. The summed E-state index contributed by atoms with van der Waals surface area (Å²) in [7, 11) is 0. The first-order valence-corrected chi connectivity index (χ1v) is 4.74. The number of carbonyl (C=O) groups is 1. The van der Waals surface area contributed by atoms with Gasteiger partial charge in [0.2, 0.25) is 0 Å². The molecule has 0 aromatic rings. The third-order valence-electron chi connectivity index (χ3n) is 3.71. The van der Waals surface area contributed by atoms with Gasteiger partial charge in [0.25, 0.3) is 0 Å². The summed E-state index contributed by atoms with van der Waals surface area (Å²) in [5.41, 5.74) is -1.38. The third-order valence-corrected chi connectivity index (χ3v) is 3.71. The predicted octanol–water partition coefficient (Wildman–Crippen LogP) is 1.65. The molecule has 3 heteroatoms. The summed E-state index contributed by atoms with van der Waals surface area (Å²) in [6, 6.07) is 0. The van der Waals surface area contributed by atoms with Crippen LogP contribution in [-0.2, 0) is 4.79 Å². The zero-order valence-electron chi connectivity index (χ0n) is 8.50. The highest BCUT2D eigenvalue weighted by molar-refractivity contribution is 5.71. The van der Waals surface area contributed by atoms with Crippen LogP contribution in [0.25, 0.3) is 0 Å². The molecular formula is C10H18O3. The van der Waals surface area contributed by atoms with Crippen molar-refractivity contribution in [1.29, 1.82) is 0 Å². The van der Waals surface area contributed by atoms with Crippen LogP contribution < -0.4 is 0 Å². The standard InChI is InChI=1S/C10H18O3/c1-9(2)7(8(11)12)5-4-6-10(9,3)13/h7,13H,4-6H2,1-3H3,(H,11,12)/t7-,10+/m0/s1. The number of hydrogen-bond donors (Lipinski definition) is 2. The van der Waals surface area contributed by atoms with Gasteiger partial charge < -0.3 is 10.2 Å². The molecule has 0 amide bonds. The molecule has 0 aliphatic heterocycles. The van der Waals surface area contributed by atoms with Crippen molar-refractivity contribution >= 4 is 5.97 Å². The molecule has 0 aromatic carbocycles. The van der Waals surface area contributed by atoms with Gasteiger partial charge in [-0.25, -0.2) is 0 Å². The zero-order valence-corrected chi connectivity index (χ0v) is 8.50. The van der Waals surface area contributed by atoms with E-state index in [4.69, 9.17) is 5.11 Å². The van der Waals surface area contributed by atoms with Gasteiger partial charge >= 0.3 is 5.97 Å². The minimum Gasteiger partial charge on any atom is -0.481 e. The van der Waals surface area contributed by atoms with Gasteiger partial charge in [0.15, 0.2) is 0 Å². The van der Waals surface area contributed by atoms with Crippen molar-refractivity contribution in [2.24, 2.45) is 11.3 Å². The van der Waals surface area contributed by atoms with E-state index in [0.717, 1.165) is 6.42 Å². The Morgan fingerprint density at radius 2 is 1.92 bits per heavy atom. The first kappa shape index (κ1) is 10.5. The van der Waals surface area contributed by atoms with Crippen LogP contribution in [0.5, 0.6) is 0 Å². The molecule has 0 radical (unpaired) electrons. The van der Waals surface area contributed by atoms with Crippen molar-refractivity contribution in [2.45, 2.75) is 45.6 Å². The van der Waals surface area contributed by atoms with Crippen molar-refractivity contribution in [3.05, 3.63) is 0 Å². The van der Waals surface area contributed by atoms with Crippen molar-refractivity contribution in [3.8, 4) is 0 Å². The summed E-state index contributed by atoms with van der Waals surface area (Å²) in [5.74, 6) is -1.21. The van der Waals surface area contributed by atoms with Crippen molar-refractivity contribution in [3.63, 3.8) is 0 Å². The van der Waals surface area contributed by atoms with Crippen LogP contribution in [-0.4, -0.2) is 21.8 Å². The molecule has 1 aliphatic rings. The lowest BCUT2D eigenvalue weighted by Crippen LogP contribution is -2.52. The Kier molecular flexibility index (Phi) is 2.41. The summed E-state index contributed by atoms with van der Waals surface area (Å²) in [4.78, 5) is 10.9. The molecule has 76 valence electrons. The van der Waals surface area contributed by atoms with Gasteiger partial charge in [-0.3, -0.25) is 4.79 Å². The average Bonchev–Trinajstić information content (AvgIpc) is 1.94. The lowest BCUT2D eigenvalue weighted by atomic mass is 9.60. The predicted molar refractivity (Wildman–Crippen MR) is 49.4 cm³/mol. The second-order valence-electron chi connectivity index (χ2n) is 4.78. The van der Waals surface area contributed by atoms with Crippen LogP contribution in [0.2, 0.25) is 0 Å². The fourth-order valence-electron chi connectivity index (χ4n) is 2.14. The Morgan fingerprint density at radius 3 is 2.31 bits per heavy atom. The number of aliphatic carboxylic acids is 1. The van der Waals surface area contributed by atoms with E-state index in [1.54, 1.807) is 6.92 Å². The zero-order chi connectivity index (χ0) is 10.3. The molecule has 0 spiro atoms. The quantitative estimate of drug-likeness (QED) is 0.654. The van der Waals surface area contributed by atoms with Crippen LogP contribution in [0.4, 0.5) is 0 Å². The van der Waals surface area contributed by atoms with Gasteiger partial charge in [-0.15, -0.1) is 0 Å². The first-order valence-electron chi connectivity index (χ1n) is 4.74. The highest BCUT2D eigenvalue weighted by Gasteiger charge is 2.50. The second-order valence-corrected chi connectivity index (χ2v) is 4.78. The Labute approximate surface area is 78.8 Å². The van der Waals surface area contributed by atoms with Crippen LogP contribution in [0, 0.1) is 11.3 Å². The SMILES string of the molecule is CC1(C)[C@H](C(=O)O)CCC[C@@]1(C)O. The lowest BCUT2D eigenvalue weighted by molar-refractivity contribution is -0.164. The van der Waals surface area contributed by atoms with E-state index in [9.17, 15) is 9.90 Å². The molecule has 2 atom stereocenters. The Morgan fingerprint density at radius 1 is 1.38 bits per heavy atom. The molecule has 3 nitrogen and oxygen atoms in total. The fraction of sp³-hybridized carbons (Fsp3) is 0.900. The molecule has 1 aliphatic carbocycles. The van der Waals surface area contributed by atoms with E-state index in [1.165, 1.54) is 0 Å². The summed E-state index contributed by atoms with van der Waals surface area (Å²) < 4.78 is 0. The molecule has 0 saturated heterocycles. The summed E-state index contributed by atoms with van der Waals surface area (Å²) in [6.07, 6.45) is 2.18. The lowest BCUT2D eigenvalue weighted by Gasteiger charge is -2.47. The van der Waals surface area contributed by atoms with Crippen molar-refractivity contribution in [2.75, 3.05) is 0 Å². The van der Waals surface area contributed by atoms with Crippen LogP contribution in [0.15, 0.2) is 0 Å². The smallest absolute Gasteiger partial charge is 0.307 e. The summed E-state index contributed by atoms with van der Waals surface area (Å²) in [5, 5.41) is 19.1. The number of hydrogen-bond acceptors (Lipinski definition) is 2. The molecule has 1 fully saturated rings. The van der Waals surface area contributed by atoms with Gasteiger partial charge in [0.1, 0.15) is 0 Å². The minimum atomic E-state index is -0.853. The molecule has 0 bridgehead atoms. The second kappa shape index (κ2) is 2.98. The maximum Gasteiger partial charge on any atom is 0.307 e. The molecule has 0 unspecified atom stereocenters. The fourth-order valence-corrected chi connectivity index (χ4v) is 2.14. The van der Waals surface area contributed by atoms with E-state index < -0.39 is 22.9 Å². The van der Waals surface area contributed by atoms with Gasteiger partial charge in [-0.1, -0.05) is 13.8 Å². The Hall–Kier alpha value is -0.570. The molecule has 0 heterocycles. The normalized spacial score (nSPS) is 38.6. The van der Waals surface area contributed by atoms with Crippen molar-refractivity contribution < 1.29 is 15.0 Å². The monoisotopic (exact) mass is 186 g/mol. The molecule has 0 aromatic heterocycles. The van der Waals surface area contributed by atoms with Gasteiger partial charge in [-0.2, -0.15) is 0 Å². The summed E-state index contributed by atoms with van der Waals surface area (Å²) in [6.45, 7) is 5.41. The van der Waals surface area contributed by atoms with Gasteiger partial charge in [0.05, 0.1) is 11.5 Å². The Balaban J connectivity index is 2.94. The largest absolute Gasteiger partial charge is 0.481 e. The molecule has 1 saturated carbocycles. The van der Waals surface area contributed by atoms with Crippen LogP contribution in [0.3, 0.4) is 0 Å². The molecule has 2 N–H and O–H groups in total.